The molecule has 23 heavy (non-hydrogen) atoms. The van der Waals surface area contributed by atoms with Crippen molar-refractivity contribution in [1.29, 1.82) is 0 Å². The average Bonchev–Trinajstić information content (AvgIpc) is 2.58. The average molecular weight is 334 g/mol. The number of methoxy groups -OCH3 is 1. The van der Waals surface area contributed by atoms with Gasteiger partial charge in [0, 0.05) is 23.6 Å². The number of carbonyl (C=O) groups excluding carboxylic acids is 1. The number of benzene rings is 2. The highest BCUT2D eigenvalue weighted by Gasteiger charge is 2.12. The van der Waals surface area contributed by atoms with E-state index in [4.69, 9.17) is 16.3 Å². The fourth-order valence-electron chi connectivity index (χ4n) is 2.20. The Labute approximate surface area is 141 Å². The molecule has 0 fully saturated rings. The second-order valence-electron chi connectivity index (χ2n) is 5.19. The quantitative estimate of drug-likeness (QED) is 0.818. The zero-order chi connectivity index (χ0) is 16.7. The molecule has 0 aliphatic heterocycles. The van der Waals surface area contributed by atoms with Crippen molar-refractivity contribution >= 4 is 17.5 Å². The molecule has 0 radical (unpaired) electrons. The SMILES string of the molecule is COc1ccc(CCC(=O)NCC(O)c2ccccc2Cl)cc1. The van der Waals surface area contributed by atoms with Gasteiger partial charge in [-0.3, -0.25) is 4.79 Å². The minimum absolute atomic E-state index is 0.105. The molecule has 2 N–H and O–H groups in total. The van der Waals surface area contributed by atoms with Gasteiger partial charge in [-0.25, -0.2) is 0 Å². The van der Waals surface area contributed by atoms with Crippen LogP contribution >= 0.6 is 11.6 Å². The lowest BCUT2D eigenvalue weighted by Gasteiger charge is -2.13. The van der Waals surface area contributed by atoms with E-state index < -0.39 is 6.10 Å². The number of carbonyl (C=O) groups is 1. The van der Waals surface area contributed by atoms with Gasteiger partial charge >= 0.3 is 0 Å². The zero-order valence-electron chi connectivity index (χ0n) is 13.0. The Morgan fingerprint density at radius 2 is 1.91 bits per heavy atom. The fourth-order valence-corrected chi connectivity index (χ4v) is 2.47. The molecule has 1 unspecified atom stereocenters. The van der Waals surface area contributed by atoms with Crippen LogP contribution in [0.15, 0.2) is 48.5 Å². The first-order valence-corrected chi connectivity index (χ1v) is 7.80. The van der Waals surface area contributed by atoms with Crippen LogP contribution in [0.1, 0.15) is 23.7 Å². The third-order valence-corrected chi connectivity index (χ3v) is 3.90. The fraction of sp³-hybridized carbons (Fsp3) is 0.278. The first-order chi connectivity index (χ1) is 11.1. The van der Waals surface area contributed by atoms with Gasteiger partial charge in [-0.1, -0.05) is 41.9 Å². The molecule has 0 spiro atoms. The summed E-state index contributed by atoms with van der Waals surface area (Å²) in [6.07, 6.45) is 0.188. The summed E-state index contributed by atoms with van der Waals surface area (Å²) in [4.78, 5) is 11.9. The van der Waals surface area contributed by atoms with Crippen LogP contribution in [0.5, 0.6) is 5.75 Å². The first-order valence-electron chi connectivity index (χ1n) is 7.42. The standard InChI is InChI=1S/C18H20ClNO3/c1-23-14-9-6-13(7-10-14)8-11-18(22)20-12-17(21)15-4-2-3-5-16(15)19/h2-7,9-10,17,21H,8,11-12H2,1H3,(H,20,22). The van der Waals surface area contributed by atoms with Gasteiger partial charge in [0.2, 0.25) is 5.91 Å². The van der Waals surface area contributed by atoms with Gasteiger partial charge in [-0.05, 0) is 30.2 Å². The van der Waals surface area contributed by atoms with E-state index in [1.807, 2.05) is 24.3 Å². The van der Waals surface area contributed by atoms with Crippen molar-refractivity contribution in [3.8, 4) is 5.75 Å². The third-order valence-electron chi connectivity index (χ3n) is 3.56. The van der Waals surface area contributed by atoms with Gasteiger partial charge in [0.05, 0.1) is 13.2 Å². The summed E-state index contributed by atoms with van der Waals surface area (Å²) in [5.74, 6) is 0.688. The number of hydrogen-bond acceptors (Lipinski definition) is 3. The lowest BCUT2D eigenvalue weighted by Crippen LogP contribution is -2.28. The van der Waals surface area contributed by atoms with Crippen LogP contribution in [-0.4, -0.2) is 24.7 Å². The van der Waals surface area contributed by atoms with Gasteiger partial charge < -0.3 is 15.2 Å². The largest absolute Gasteiger partial charge is 0.497 e. The number of hydrogen-bond donors (Lipinski definition) is 2. The molecule has 0 saturated carbocycles. The molecular weight excluding hydrogens is 314 g/mol. The third kappa shape index (κ3) is 5.27. The molecule has 0 heterocycles. The summed E-state index contributed by atoms with van der Waals surface area (Å²) in [5.41, 5.74) is 1.68. The van der Waals surface area contributed by atoms with E-state index in [0.29, 0.717) is 23.4 Å². The maximum absolute atomic E-state index is 11.9. The Kier molecular flexibility index (Phi) is 6.44. The van der Waals surface area contributed by atoms with Gasteiger partial charge in [0.15, 0.2) is 0 Å². The van der Waals surface area contributed by atoms with Crippen LogP contribution in [0, 0.1) is 0 Å². The molecule has 5 heteroatoms. The predicted octanol–water partition coefficient (Wildman–Crippen LogP) is 3.13. The van der Waals surface area contributed by atoms with Crippen molar-refractivity contribution in [1.82, 2.24) is 5.32 Å². The number of rotatable bonds is 7. The van der Waals surface area contributed by atoms with Crippen LogP contribution < -0.4 is 10.1 Å². The lowest BCUT2D eigenvalue weighted by molar-refractivity contribution is -0.121. The van der Waals surface area contributed by atoms with E-state index >= 15 is 0 Å². The highest BCUT2D eigenvalue weighted by molar-refractivity contribution is 6.31. The Morgan fingerprint density at radius 3 is 2.57 bits per heavy atom. The first kappa shape index (κ1) is 17.3. The van der Waals surface area contributed by atoms with Gasteiger partial charge in [0.25, 0.3) is 0 Å². The summed E-state index contributed by atoms with van der Waals surface area (Å²) < 4.78 is 5.09. The zero-order valence-corrected chi connectivity index (χ0v) is 13.7. The van der Waals surface area contributed by atoms with E-state index in [1.165, 1.54) is 0 Å². The van der Waals surface area contributed by atoms with Gasteiger partial charge in [0.1, 0.15) is 5.75 Å². The van der Waals surface area contributed by atoms with Crippen molar-refractivity contribution in [2.24, 2.45) is 0 Å². The van der Waals surface area contributed by atoms with Crippen LogP contribution in [-0.2, 0) is 11.2 Å². The van der Waals surface area contributed by atoms with Gasteiger partial charge in [-0.15, -0.1) is 0 Å². The molecule has 1 atom stereocenters. The van der Waals surface area contributed by atoms with E-state index in [0.717, 1.165) is 11.3 Å². The molecule has 2 rings (SSSR count). The number of aliphatic hydroxyl groups is 1. The second-order valence-corrected chi connectivity index (χ2v) is 5.60. The Balaban J connectivity index is 1.77. The van der Waals surface area contributed by atoms with Crippen LogP contribution in [0.3, 0.4) is 0 Å². The van der Waals surface area contributed by atoms with Crippen LogP contribution in [0.2, 0.25) is 5.02 Å². The maximum atomic E-state index is 11.9. The molecule has 0 saturated heterocycles. The summed E-state index contributed by atoms with van der Waals surface area (Å²) in [5, 5.41) is 13.3. The second kappa shape index (κ2) is 8.56. The molecule has 4 nitrogen and oxygen atoms in total. The van der Waals surface area contributed by atoms with Crippen molar-refractivity contribution in [2.75, 3.05) is 13.7 Å². The molecule has 0 aromatic heterocycles. The molecule has 2 aromatic rings. The number of halogens is 1. The van der Waals surface area contributed by atoms with Crippen molar-refractivity contribution in [3.63, 3.8) is 0 Å². The molecule has 122 valence electrons. The maximum Gasteiger partial charge on any atom is 0.220 e. The summed E-state index contributed by atoms with van der Waals surface area (Å²) >= 11 is 6.02. The van der Waals surface area contributed by atoms with E-state index in [-0.39, 0.29) is 12.5 Å². The van der Waals surface area contributed by atoms with E-state index in [1.54, 1.807) is 31.4 Å². The predicted molar refractivity (Wildman–Crippen MR) is 90.7 cm³/mol. The molecule has 0 aliphatic carbocycles. The van der Waals surface area contributed by atoms with Crippen LogP contribution in [0.25, 0.3) is 0 Å². The highest BCUT2D eigenvalue weighted by Crippen LogP contribution is 2.21. The topological polar surface area (TPSA) is 58.6 Å². The Hall–Kier alpha value is -2.04. The Bertz CT molecular complexity index is 643. The van der Waals surface area contributed by atoms with Crippen LogP contribution in [0.4, 0.5) is 0 Å². The number of ether oxygens (including phenoxy) is 1. The summed E-state index contributed by atoms with van der Waals surface area (Å²) in [6, 6.07) is 14.7. The number of aryl methyl sites for hydroxylation is 1. The highest BCUT2D eigenvalue weighted by atomic mass is 35.5. The van der Waals surface area contributed by atoms with Crippen molar-refractivity contribution in [2.45, 2.75) is 18.9 Å². The Morgan fingerprint density at radius 1 is 1.22 bits per heavy atom. The minimum atomic E-state index is -0.811. The molecule has 0 aliphatic rings. The number of amides is 1. The van der Waals surface area contributed by atoms with E-state index in [2.05, 4.69) is 5.32 Å². The summed E-state index contributed by atoms with van der Waals surface area (Å²) in [7, 11) is 1.62. The minimum Gasteiger partial charge on any atom is -0.497 e. The summed E-state index contributed by atoms with van der Waals surface area (Å²) in [6.45, 7) is 0.144. The molecular formula is C18H20ClNO3. The molecule has 2 aromatic carbocycles. The van der Waals surface area contributed by atoms with Gasteiger partial charge in [-0.2, -0.15) is 0 Å². The smallest absolute Gasteiger partial charge is 0.220 e. The lowest BCUT2D eigenvalue weighted by atomic mass is 10.1. The molecule has 1 amide bonds. The number of nitrogens with one attached hydrogen (secondary N) is 1. The monoisotopic (exact) mass is 333 g/mol. The van der Waals surface area contributed by atoms with Crippen molar-refractivity contribution in [3.05, 3.63) is 64.7 Å². The number of aliphatic hydroxyl groups excluding tert-OH is 1. The van der Waals surface area contributed by atoms with Crippen molar-refractivity contribution < 1.29 is 14.6 Å². The van der Waals surface area contributed by atoms with E-state index in [9.17, 15) is 9.90 Å². The normalized spacial score (nSPS) is 11.8. The molecule has 0 bridgehead atoms.